The Labute approximate surface area is 173 Å². The van der Waals surface area contributed by atoms with Crippen LogP contribution in [0.2, 0.25) is 0 Å². The van der Waals surface area contributed by atoms with Crippen LogP contribution in [0.1, 0.15) is 6.92 Å². The molecule has 8 nitrogen and oxygen atoms in total. The maximum absolute atomic E-state index is 12.3. The van der Waals surface area contributed by atoms with E-state index in [1.54, 1.807) is 24.3 Å². The number of aromatic nitrogens is 2. The lowest BCUT2D eigenvalue weighted by Gasteiger charge is -2.10. The van der Waals surface area contributed by atoms with Crippen LogP contribution >= 0.6 is 0 Å². The molecule has 0 aliphatic rings. The van der Waals surface area contributed by atoms with Gasteiger partial charge in [-0.3, -0.25) is 19.0 Å². The number of benzene rings is 2. The minimum absolute atomic E-state index is 0.110. The van der Waals surface area contributed by atoms with E-state index in [0.717, 1.165) is 5.56 Å². The molecule has 0 saturated heterocycles. The Morgan fingerprint density at radius 2 is 1.80 bits per heavy atom. The van der Waals surface area contributed by atoms with Gasteiger partial charge < -0.3 is 15.4 Å². The second-order valence-corrected chi connectivity index (χ2v) is 6.51. The van der Waals surface area contributed by atoms with Crippen LogP contribution in [-0.2, 0) is 16.1 Å². The van der Waals surface area contributed by atoms with Crippen molar-refractivity contribution in [2.24, 2.45) is 0 Å². The Morgan fingerprint density at radius 1 is 1.07 bits per heavy atom. The minimum Gasteiger partial charge on any atom is -0.492 e. The average molecular weight is 406 g/mol. The summed E-state index contributed by atoms with van der Waals surface area (Å²) in [4.78, 5) is 39.7. The van der Waals surface area contributed by atoms with Gasteiger partial charge in [0, 0.05) is 24.2 Å². The van der Waals surface area contributed by atoms with E-state index in [0.29, 0.717) is 30.3 Å². The number of hydrogen-bond acceptors (Lipinski definition) is 5. The lowest BCUT2D eigenvalue weighted by Crippen LogP contribution is -2.27. The van der Waals surface area contributed by atoms with Crippen LogP contribution in [0.3, 0.4) is 0 Å². The van der Waals surface area contributed by atoms with Gasteiger partial charge in [-0.25, -0.2) is 4.98 Å². The lowest BCUT2D eigenvalue weighted by molar-refractivity contribution is -0.119. The van der Waals surface area contributed by atoms with E-state index in [4.69, 9.17) is 4.74 Å². The molecule has 2 amide bonds. The summed E-state index contributed by atoms with van der Waals surface area (Å²) in [5.74, 6) is 0.168. The van der Waals surface area contributed by atoms with E-state index in [1.807, 2.05) is 30.3 Å². The molecular weight excluding hydrogens is 384 g/mol. The van der Waals surface area contributed by atoms with E-state index in [-0.39, 0.29) is 23.9 Å². The third kappa shape index (κ3) is 6.03. The third-order valence-electron chi connectivity index (χ3n) is 4.15. The van der Waals surface area contributed by atoms with E-state index < -0.39 is 0 Å². The molecule has 0 bridgehead atoms. The number of ether oxygens (including phenoxy) is 1. The Bertz CT molecular complexity index is 1060. The van der Waals surface area contributed by atoms with Crippen molar-refractivity contribution in [1.29, 1.82) is 0 Å². The van der Waals surface area contributed by atoms with Gasteiger partial charge in [0.2, 0.25) is 11.8 Å². The van der Waals surface area contributed by atoms with Gasteiger partial charge in [-0.1, -0.05) is 30.3 Å². The van der Waals surface area contributed by atoms with Crippen LogP contribution in [-0.4, -0.2) is 34.5 Å². The molecule has 2 aromatic carbocycles. The number of nitrogens with one attached hydrogen (secondary N) is 2. The van der Waals surface area contributed by atoms with Gasteiger partial charge in [-0.2, -0.15) is 0 Å². The summed E-state index contributed by atoms with van der Waals surface area (Å²) in [6, 6.07) is 17.6. The fourth-order valence-electron chi connectivity index (χ4n) is 2.70. The zero-order chi connectivity index (χ0) is 21.3. The zero-order valence-electron chi connectivity index (χ0n) is 16.5. The minimum atomic E-state index is -0.342. The van der Waals surface area contributed by atoms with Crippen molar-refractivity contribution in [3.63, 3.8) is 0 Å². The summed E-state index contributed by atoms with van der Waals surface area (Å²) in [5, 5.41) is 5.37. The zero-order valence-corrected chi connectivity index (χ0v) is 16.5. The smallest absolute Gasteiger partial charge is 0.254 e. The van der Waals surface area contributed by atoms with Crippen LogP contribution in [0.5, 0.6) is 5.75 Å². The third-order valence-corrected chi connectivity index (χ3v) is 4.15. The van der Waals surface area contributed by atoms with Gasteiger partial charge >= 0.3 is 0 Å². The van der Waals surface area contributed by atoms with E-state index in [1.165, 1.54) is 23.9 Å². The Morgan fingerprint density at radius 3 is 2.47 bits per heavy atom. The van der Waals surface area contributed by atoms with Crippen molar-refractivity contribution >= 4 is 17.5 Å². The van der Waals surface area contributed by atoms with E-state index in [2.05, 4.69) is 15.6 Å². The van der Waals surface area contributed by atoms with Gasteiger partial charge in [0.15, 0.2) is 0 Å². The molecule has 0 unspecified atom stereocenters. The van der Waals surface area contributed by atoms with Crippen LogP contribution in [0.15, 0.2) is 71.8 Å². The number of carbonyl (C=O) groups excluding carboxylic acids is 2. The van der Waals surface area contributed by atoms with Crippen molar-refractivity contribution < 1.29 is 14.3 Å². The highest BCUT2D eigenvalue weighted by atomic mass is 16.5. The second kappa shape index (κ2) is 10.0. The molecule has 8 heteroatoms. The van der Waals surface area contributed by atoms with Gasteiger partial charge in [-0.15, -0.1) is 0 Å². The molecule has 30 heavy (non-hydrogen) atoms. The predicted octanol–water partition coefficient (Wildman–Crippen LogP) is 2.06. The molecule has 0 saturated carbocycles. The molecule has 0 radical (unpaired) electrons. The molecule has 0 aliphatic heterocycles. The van der Waals surface area contributed by atoms with Gasteiger partial charge in [0.1, 0.15) is 18.9 Å². The summed E-state index contributed by atoms with van der Waals surface area (Å²) in [6.45, 7) is 2.06. The molecule has 1 aromatic heterocycles. The highest BCUT2D eigenvalue weighted by Gasteiger charge is 2.08. The van der Waals surface area contributed by atoms with Crippen LogP contribution in [0.4, 0.5) is 5.69 Å². The van der Waals surface area contributed by atoms with Crippen LogP contribution < -0.4 is 20.9 Å². The van der Waals surface area contributed by atoms with Crippen LogP contribution in [0, 0.1) is 0 Å². The molecule has 0 atom stereocenters. The number of nitrogens with zero attached hydrogens (tertiary/aromatic N) is 2. The van der Waals surface area contributed by atoms with E-state index >= 15 is 0 Å². The topological polar surface area (TPSA) is 102 Å². The summed E-state index contributed by atoms with van der Waals surface area (Å²) >= 11 is 0. The molecule has 154 valence electrons. The first kappa shape index (κ1) is 20.8. The number of rotatable bonds is 8. The van der Waals surface area contributed by atoms with Crippen molar-refractivity contribution in [1.82, 2.24) is 14.9 Å². The van der Waals surface area contributed by atoms with Crippen molar-refractivity contribution in [2.75, 3.05) is 18.5 Å². The average Bonchev–Trinajstić information content (AvgIpc) is 2.74. The predicted molar refractivity (Wildman–Crippen MR) is 113 cm³/mol. The monoisotopic (exact) mass is 406 g/mol. The second-order valence-electron chi connectivity index (χ2n) is 6.51. The van der Waals surface area contributed by atoms with Gasteiger partial charge in [-0.05, 0) is 24.3 Å². The molecule has 0 fully saturated rings. The van der Waals surface area contributed by atoms with Crippen molar-refractivity contribution in [3.05, 3.63) is 77.3 Å². The number of anilines is 1. The first-order valence-corrected chi connectivity index (χ1v) is 9.40. The van der Waals surface area contributed by atoms with Crippen molar-refractivity contribution in [3.8, 4) is 17.0 Å². The number of amides is 2. The maximum atomic E-state index is 12.3. The first-order chi connectivity index (χ1) is 14.5. The summed E-state index contributed by atoms with van der Waals surface area (Å²) < 4.78 is 6.75. The maximum Gasteiger partial charge on any atom is 0.254 e. The number of hydrogen-bond donors (Lipinski definition) is 2. The molecule has 0 aliphatic carbocycles. The van der Waals surface area contributed by atoms with Crippen molar-refractivity contribution in [2.45, 2.75) is 13.5 Å². The fourth-order valence-corrected chi connectivity index (χ4v) is 2.70. The Hall–Kier alpha value is -3.94. The highest BCUT2D eigenvalue weighted by molar-refractivity contribution is 5.90. The lowest BCUT2D eigenvalue weighted by atomic mass is 10.1. The Kier molecular flexibility index (Phi) is 6.94. The Balaban J connectivity index is 1.54. The quantitative estimate of drug-likeness (QED) is 0.558. The summed E-state index contributed by atoms with van der Waals surface area (Å²) in [5.41, 5.74) is 1.68. The number of carbonyl (C=O) groups is 2. The molecule has 1 heterocycles. The largest absolute Gasteiger partial charge is 0.492 e. The van der Waals surface area contributed by atoms with Gasteiger partial charge in [0.25, 0.3) is 5.56 Å². The molecule has 0 spiro atoms. The SMILES string of the molecule is CC(=O)NCCOc1ccc(NC(=O)Cn2cnc(-c3ccccc3)cc2=O)cc1. The molecule has 3 rings (SSSR count). The first-order valence-electron chi connectivity index (χ1n) is 9.40. The van der Waals surface area contributed by atoms with Gasteiger partial charge in [0.05, 0.1) is 18.6 Å². The normalized spacial score (nSPS) is 10.3. The molecule has 2 N–H and O–H groups in total. The van der Waals surface area contributed by atoms with E-state index in [9.17, 15) is 14.4 Å². The highest BCUT2D eigenvalue weighted by Crippen LogP contribution is 2.16. The summed E-state index contributed by atoms with van der Waals surface area (Å²) in [6.07, 6.45) is 1.37. The standard InChI is InChI=1S/C22H22N4O4/c1-16(27)23-11-12-30-19-9-7-18(8-10-19)25-21(28)14-26-15-24-20(13-22(26)29)17-5-3-2-4-6-17/h2-10,13,15H,11-12,14H2,1H3,(H,23,27)(H,25,28). The summed E-state index contributed by atoms with van der Waals surface area (Å²) in [7, 11) is 0. The molecular formula is C22H22N4O4. The van der Waals surface area contributed by atoms with Crippen LogP contribution in [0.25, 0.3) is 11.3 Å². The fraction of sp³-hybridized carbons (Fsp3) is 0.182. The molecule has 3 aromatic rings.